The lowest BCUT2D eigenvalue weighted by Crippen LogP contribution is -2.11. The molecule has 20 heavy (non-hydrogen) atoms. The molecule has 0 heterocycles. The van der Waals surface area contributed by atoms with Crippen molar-refractivity contribution in [3.8, 4) is 6.07 Å². The molecule has 1 atom stereocenters. The van der Waals surface area contributed by atoms with Crippen LogP contribution in [0, 0.1) is 11.3 Å². The monoisotopic (exact) mass is 273 g/mol. The van der Waals surface area contributed by atoms with Gasteiger partial charge in [-0.1, -0.05) is 57.6 Å². The molecule has 0 bridgehead atoms. The lowest BCUT2D eigenvalue weighted by molar-refractivity contribution is -0.139. The second-order valence-corrected chi connectivity index (χ2v) is 5.18. The average molecular weight is 273 g/mol. The molecule has 0 radical (unpaired) electrons. The van der Waals surface area contributed by atoms with Crippen LogP contribution in [-0.4, -0.2) is 11.1 Å². The number of carbonyl (C=O) groups is 1. The highest BCUT2D eigenvalue weighted by Gasteiger charge is 2.19. The number of nitriles is 1. The lowest BCUT2D eigenvalue weighted by atomic mass is 9.92. The molecule has 0 saturated carbocycles. The molecule has 0 aliphatic carbocycles. The van der Waals surface area contributed by atoms with E-state index in [1.54, 1.807) is 24.3 Å². The Morgan fingerprint density at radius 3 is 2.30 bits per heavy atom. The zero-order valence-electron chi connectivity index (χ0n) is 12.1. The van der Waals surface area contributed by atoms with Gasteiger partial charge < -0.3 is 5.11 Å². The van der Waals surface area contributed by atoms with Gasteiger partial charge in [-0.25, -0.2) is 0 Å². The van der Waals surface area contributed by atoms with Gasteiger partial charge in [-0.05, 0) is 24.1 Å². The summed E-state index contributed by atoms with van der Waals surface area (Å²) in [5.74, 6) is -1.22. The standard InChI is InChI=1S/C17H23NO2/c1-2-3-4-5-6-7-8-16(17(19)20)15-11-9-14(13-18)10-12-15/h9-12,16H,2-8H2,1H3,(H,19,20). The number of rotatable bonds is 9. The largest absolute Gasteiger partial charge is 0.481 e. The number of nitrogens with zero attached hydrogens (tertiary/aromatic N) is 1. The Morgan fingerprint density at radius 2 is 1.75 bits per heavy atom. The van der Waals surface area contributed by atoms with E-state index in [9.17, 15) is 9.90 Å². The fourth-order valence-corrected chi connectivity index (χ4v) is 2.35. The maximum Gasteiger partial charge on any atom is 0.310 e. The van der Waals surface area contributed by atoms with Crippen LogP contribution < -0.4 is 0 Å². The molecule has 0 aliphatic rings. The van der Waals surface area contributed by atoms with E-state index in [1.165, 1.54) is 25.7 Å². The summed E-state index contributed by atoms with van der Waals surface area (Å²) in [6.07, 6.45) is 7.63. The lowest BCUT2D eigenvalue weighted by Gasteiger charge is -2.12. The van der Waals surface area contributed by atoms with Crippen LogP contribution in [0.25, 0.3) is 0 Å². The highest BCUT2D eigenvalue weighted by atomic mass is 16.4. The molecule has 0 amide bonds. The molecule has 0 aromatic heterocycles. The highest BCUT2D eigenvalue weighted by Crippen LogP contribution is 2.23. The first-order chi connectivity index (χ1) is 9.69. The maximum absolute atomic E-state index is 11.4. The van der Waals surface area contributed by atoms with Crippen LogP contribution in [0.2, 0.25) is 0 Å². The van der Waals surface area contributed by atoms with Crippen LogP contribution in [0.1, 0.15) is 68.9 Å². The summed E-state index contributed by atoms with van der Waals surface area (Å²) >= 11 is 0. The highest BCUT2D eigenvalue weighted by molar-refractivity contribution is 5.76. The van der Waals surface area contributed by atoms with Crippen LogP contribution in [0.3, 0.4) is 0 Å². The number of hydrogen-bond donors (Lipinski definition) is 1. The minimum atomic E-state index is -0.775. The molecule has 0 saturated heterocycles. The Morgan fingerprint density at radius 1 is 1.15 bits per heavy atom. The number of carboxylic acid groups (broad SMARTS) is 1. The molecule has 3 heteroatoms. The van der Waals surface area contributed by atoms with Crippen molar-refractivity contribution in [2.24, 2.45) is 0 Å². The van der Waals surface area contributed by atoms with Crippen LogP contribution in [0.15, 0.2) is 24.3 Å². The Hall–Kier alpha value is -1.82. The Kier molecular flexibility index (Phi) is 7.42. The molecular weight excluding hydrogens is 250 g/mol. The molecule has 3 nitrogen and oxygen atoms in total. The van der Waals surface area contributed by atoms with Gasteiger partial charge >= 0.3 is 5.97 Å². The fourth-order valence-electron chi connectivity index (χ4n) is 2.35. The van der Waals surface area contributed by atoms with Gasteiger partial charge in [-0.2, -0.15) is 5.26 Å². The van der Waals surface area contributed by atoms with Crippen LogP contribution in [-0.2, 0) is 4.79 Å². The van der Waals surface area contributed by atoms with E-state index in [4.69, 9.17) is 5.26 Å². The number of carboxylic acids is 1. The van der Waals surface area contributed by atoms with Crippen molar-refractivity contribution in [2.75, 3.05) is 0 Å². The molecule has 1 unspecified atom stereocenters. The van der Waals surface area contributed by atoms with E-state index < -0.39 is 11.9 Å². The molecule has 1 aromatic rings. The Bertz CT molecular complexity index is 445. The van der Waals surface area contributed by atoms with Crippen molar-refractivity contribution in [2.45, 2.75) is 57.8 Å². The van der Waals surface area contributed by atoms with E-state index in [0.29, 0.717) is 12.0 Å². The van der Waals surface area contributed by atoms with Crippen LogP contribution in [0.4, 0.5) is 0 Å². The topological polar surface area (TPSA) is 61.1 Å². The summed E-state index contributed by atoms with van der Waals surface area (Å²) in [7, 11) is 0. The van der Waals surface area contributed by atoms with Gasteiger partial charge in [0.1, 0.15) is 0 Å². The third kappa shape index (κ3) is 5.44. The fraction of sp³-hybridized carbons (Fsp3) is 0.529. The van der Waals surface area contributed by atoms with Gasteiger partial charge in [0.2, 0.25) is 0 Å². The second-order valence-electron chi connectivity index (χ2n) is 5.18. The summed E-state index contributed by atoms with van der Waals surface area (Å²) in [5, 5.41) is 18.1. The summed E-state index contributed by atoms with van der Waals surface area (Å²) in [5.41, 5.74) is 1.36. The molecule has 0 spiro atoms. The van der Waals surface area contributed by atoms with E-state index in [2.05, 4.69) is 6.92 Å². The van der Waals surface area contributed by atoms with Gasteiger partial charge in [-0.3, -0.25) is 4.79 Å². The second kappa shape index (κ2) is 9.14. The molecule has 0 aliphatic heterocycles. The Balaban J connectivity index is 2.48. The third-order valence-electron chi connectivity index (χ3n) is 3.59. The van der Waals surface area contributed by atoms with E-state index in [1.807, 2.05) is 6.07 Å². The number of aliphatic carboxylic acids is 1. The number of hydrogen-bond acceptors (Lipinski definition) is 2. The van der Waals surface area contributed by atoms with Crippen molar-refractivity contribution >= 4 is 5.97 Å². The van der Waals surface area contributed by atoms with E-state index in [0.717, 1.165) is 18.4 Å². The predicted molar refractivity (Wildman–Crippen MR) is 79.5 cm³/mol. The van der Waals surface area contributed by atoms with Gasteiger partial charge in [0, 0.05) is 0 Å². The van der Waals surface area contributed by atoms with Crippen LogP contribution in [0.5, 0.6) is 0 Å². The summed E-state index contributed by atoms with van der Waals surface area (Å²) in [6.45, 7) is 2.19. The predicted octanol–water partition coefficient (Wildman–Crippen LogP) is 4.48. The first-order valence-electron chi connectivity index (χ1n) is 7.42. The van der Waals surface area contributed by atoms with Crippen LogP contribution >= 0.6 is 0 Å². The minimum Gasteiger partial charge on any atom is -0.481 e. The first kappa shape index (κ1) is 16.2. The molecule has 1 aromatic carbocycles. The normalized spacial score (nSPS) is 11.8. The SMILES string of the molecule is CCCCCCCCC(C(=O)O)c1ccc(C#N)cc1. The molecule has 108 valence electrons. The number of benzene rings is 1. The maximum atomic E-state index is 11.4. The summed E-state index contributed by atoms with van der Waals surface area (Å²) in [6, 6.07) is 8.94. The Labute approximate surface area is 121 Å². The smallest absolute Gasteiger partial charge is 0.310 e. The van der Waals surface area contributed by atoms with Crippen molar-refractivity contribution in [1.29, 1.82) is 5.26 Å². The average Bonchev–Trinajstić information content (AvgIpc) is 2.46. The third-order valence-corrected chi connectivity index (χ3v) is 3.59. The number of unbranched alkanes of at least 4 members (excludes halogenated alkanes) is 5. The van der Waals surface area contributed by atoms with Crippen molar-refractivity contribution in [3.05, 3.63) is 35.4 Å². The van der Waals surface area contributed by atoms with Gasteiger partial charge in [-0.15, -0.1) is 0 Å². The van der Waals surface area contributed by atoms with E-state index in [-0.39, 0.29) is 0 Å². The first-order valence-corrected chi connectivity index (χ1v) is 7.42. The van der Waals surface area contributed by atoms with Crippen molar-refractivity contribution in [1.82, 2.24) is 0 Å². The zero-order chi connectivity index (χ0) is 14.8. The molecule has 1 rings (SSSR count). The zero-order valence-corrected chi connectivity index (χ0v) is 12.1. The quantitative estimate of drug-likeness (QED) is 0.675. The molecule has 0 fully saturated rings. The summed E-state index contributed by atoms with van der Waals surface area (Å²) in [4.78, 5) is 11.4. The van der Waals surface area contributed by atoms with Gasteiger partial charge in [0.25, 0.3) is 0 Å². The minimum absolute atomic E-state index is 0.450. The van der Waals surface area contributed by atoms with Crippen molar-refractivity contribution in [3.63, 3.8) is 0 Å². The van der Waals surface area contributed by atoms with Gasteiger partial charge in [0.15, 0.2) is 0 Å². The molecular formula is C17H23NO2. The van der Waals surface area contributed by atoms with Crippen molar-refractivity contribution < 1.29 is 9.90 Å². The summed E-state index contributed by atoms with van der Waals surface area (Å²) < 4.78 is 0. The van der Waals surface area contributed by atoms with Gasteiger partial charge in [0.05, 0.1) is 17.6 Å². The molecule has 1 N–H and O–H groups in total. The van der Waals surface area contributed by atoms with E-state index >= 15 is 0 Å².